The number of benzene rings is 1. The number of hydrogen-bond donors (Lipinski definition) is 1. The fraction of sp³-hybridized carbons (Fsp3) is 0.318. The molecule has 0 radical (unpaired) electrons. The fourth-order valence-electron chi connectivity index (χ4n) is 3.72. The van der Waals surface area contributed by atoms with E-state index in [4.69, 9.17) is 10.5 Å². The minimum atomic E-state index is 0.351. The Bertz CT molecular complexity index is 902. The Morgan fingerprint density at radius 1 is 1.11 bits per heavy atom. The third kappa shape index (κ3) is 4.64. The topological polar surface area (TPSA) is 77.2 Å². The van der Waals surface area contributed by atoms with Crippen molar-refractivity contribution in [1.82, 2.24) is 19.9 Å². The molecule has 1 unspecified atom stereocenters. The van der Waals surface area contributed by atoms with Crippen LogP contribution in [0.1, 0.15) is 35.6 Å². The summed E-state index contributed by atoms with van der Waals surface area (Å²) in [5.41, 5.74) is 9.08. The summed E-state index contributed by atoms with van der Waals surface area (Å²) in [5, 5.41) is 0. The van der Waals surface area contributed by atoms with Crippen molar-refractivity contribution < 1.29 is 4.74 Å². The molecule has 6 nitrogen and oxygen atoms in total. The third-order valence-electron chi connectivity index (χ3n) is 5.10. The second-order valence-corrected chi connectivity index (χ2v) is 7.17. The van der Waals surface area contributed by atoms with Gasteiger partial charge in [0.05, 0.1) is 5.69 Å². The zero-order valence-electron chi connectivity index (χ0n) is 15.9. The van der Waals surface area contributed by atoms with Crippen LogP contribution in [0, 0.1) is 0 Å². The van der Waals surface area contributed by atoms with E-state index in [0.29, 0.717) is 18.5 Å². The molecule has 0 bridgehead atoms. The lowest BCUT2D eigenvalue weighted by Crippen LogP contribution is -2.34. The van der Waals surface area contributed by atoms with Crippen LogP contribution in [-0.2, 0) is 13.2 Å². The fourth-order valence-corrected chi connectivity index (χ4v) is 3.72. The van der Waals surface area contributed by atoms with Crippen LogP contribution in [0.3, 0.4) is 0 Å². The highest BCUT2D eigenvalue weighted by Gasteiger charge is 2.23. The maximum atomic E-state index is 6.09. The number of pyridine rings is 1. The van der Waals surface area contributed by atoms with E-state index in [1.165, 1.54) is 5.56 Å². The van der Waals surface area contributed by atoms with Crippen molar-refractivity contribution in [2.24, 2.45) is 0 Å². The molecule has 0 spiro atoms. The molecule has 1 atom stereocenters. The van der Waals surface area contributed by atoms with Gasteiger partial charge in [-0.25, -0.2) is 9.97 Å². The number of ether oxygens (including phenoxy) is 1. The van der Waals surface area contributed by atoms with E-state index in [9.17, 15) is 0 Å². The van der Waals surface area contributed by atoms with E-state index in [-0.39, 0.29) is 0 Å². The quantitative estimate of drug-likeness (QED) is 0.711. The molecule has 28 heavy (non-hydrogen) atoms. The molecule has 2 aromatic heterocycles. The van der Waals surface area contributed by atoms with Gasteiger partial charge in [-0.1, -0.05) is 24.3 Å². The minimum absolute atomic E-state index is 0.351. The van der Waals surface area contributed by atoms with E-state index in [2.05, 4.69) is 32.0 Å². The van der Waals surface area contributed by atoms with Crippen LogP contribution >= 0.6 is 0 Å². The van der Waals surface area contributed by atoms with Gasteiger partial charge in [-0.05, 0) is 37.6 Å². The predicted molar refractivity (Wildman–Crippen MR) is 109 cm³/mol. The average Bonchev–Trinajstić information content (AvgIpc) is 2.74. The summed E-state index contributed by atoms with van der Waals surface area (Å²) in [6.45, 7) is 3.43. The van der Waals surface area contributed by atoms with Gasteiger partial charge in [-0.3, -0.25) is 9.88 Å². The molecule has 1 aliphatic rings. The molecule has 3 aromatic rings. The molecule has 0 saturated carbocycles. The van der Waals surface area contributed by atoms with Crippen molar-refractivity contribution >= 4 is 5.95 Å². The zero-order chi connectivity index (χ0) is 19.2. The molecule has 6 heteroatoms. The van der Waals surface area contributed by atoms with Gasteiger partial charge in [0.2, 0.25) is 5.95 Å². The van der Waals surface area contributed by atoms with E-state index in [0.717, 1.165) is 49.5 Å². The molecule has 144 valence electrons. The van der Waals surface area contributed by atoms with Gasteiger partial charge in [-0.15, -0.1) is 0 Å². The summed E-state index contributed by atoms with van der Waals surface area (Å²) in [5.74, 6) is 1.67. The van der Waals surface area contributed by atoms with E-state index in [1.807, 2.05) is 36.5 Å². The number of hydrogen-bond acceptors (Lipinski definition) is 6. The number of para-hydroxylation sites is 1. The smallest absolute Gasteiger partial charge is 0.220 e. The van der Waals surface area contributed by atoms with Crippen LogP contribution in [0.5, 0.6) is 5.75 Å². The molecule has 1 fully saturated rings. The van der Waals surface area contributed by atoms with Crippen molar-refractivity contribution in [1.29, 1.82) is 0 Å². The van der Waals surface area contributed by atoms with Gasteiger partial charge in [-0.2, -0.15) is 0 Å². The first-order valence-electron chi connectivity index (χ1n) is 9.68. The van der Waals surface area contributed by atoms with Crippen LogP contribution in [0.15, 0.2) is 61.1 Å². The Morgan fingerprint density at radius 2 is 2.04 bits per heavy atom. The largest absolute Gasteiger partial charge is 0.489 e. The van der Waals surface area contributed by atoms with Crippen LogP contribution in [0.25, 0.3) is 0 Å². The molecule has 2 N–H and O–H groups in total. The number of piperidine rings is 1. The molecule has 3 heterocycles. The van der Waals surface area contributed by atoms with Gasteiger partial charge < -0.3 is 10.5 Å². The van der Waals surface area contributed by atoms with E-state index >= 15 is 0 Å². The SMILES string of the molecule is Nc1nccc(C2CCCN(Cc3ccccc3OCc3cccnc3)C2)n1. The molecule has 1 aromatic carbocycles. The number of nitrogens with two attached hydrogens (primary N) is 1. The lowest BCUT2D eigenvalue weighted by atomic mass is 9.94. The lowest BCUT2D eigenvalue weighted by Gasteiger charge is -2.32. The summed E-state index contributed by atoms with van der Waals surface area (Å²) in [4.78, 5) is 15.1. The number of nitrogens with zero attached hydrogens (tertiary/aromatic N) is 4. The van der Waals surface area contributed by atoms with Gasteiger partial charge in [0, 0.05) is 48.7 Å². The zero-order valence-corrected chi connectivity index (χ0v) is 15.9. The van der Waals surface area contributed by atoms with Crippen molar-refractivity contribution in [3.05, 3.63) is 77.9 Å². The predicted octanol–water partition coefficient (Wildman–Crippen LogP) is 3.41. The molecular weight excluding hydrogens is 350 g/mol. The number of likely N-dealkylation sites (tertiary alicyclic amines) is 1. The summed E-state index contributed by atoms with van der Waals surface area (Å²) in [6.07, 6.45) is 7.64. The van der Waals surface area contributed by atoms with Crippen molar-refractivity contribution in [3.8, 4) is 5.75 Å². The first-order chi connectivity index (χ1) is 13.8. The first-order valence-corrected chi connectivity index (χ1v) is 9.68. The maximum absolute atomic E-state index is 6.09. The molecular formula is C22H25N5O. The van der Waals surface area contributed by atoms with Gasteiger partial charge in [0.25, 0.3) is 0 Å². The van der Waals surface area contributed by atoms with Gasteiger partial charge in [0.15, 0.2) is 0 Å². The summed E-state index contributed by atoms with van der Waals surface area (Å²) in [6, 6.07) is 14.2. The lowest BCUT2D eigenvalue weighted by molar-refractivity contribution is 0.194. The van der Waals surface area contributed by atoms with E-state index in [1.54, 1.807) is 12.4 Å². The number of nitrogen functional groups attached to an aromatic ring is 1. The van der Waals surface area contributed by atoms with Gasteiger partial charge >= 0.3 is 0 Å². The minimum Gasteiger partial charge on any atom is -0.489 e. The Morgan fingerprint density at radius 3 is 2.89 bits per heavy atom. The second-order valence-electron chi connectivity index (χ2n) is 7.17. The molecule has 0 aliphatic carbocycles. The van der Waals surface area contributed by atoms with Crippen LogP contribution in [0.2, 0.25) is 0 Å². The monoisotopic (exact) mass is 375 g/mol. The Kier molecular flexibility index (Phi) is 5.77. The summed E-state index contributed by atoms with van der Waals surface area (Å²) >= 11 is 0. The normalized spacial score (nSPS) is 17.4. The number of aromatic nitrogens is 3. The van der Waals surface area contributed by atoms with Crippen LogP contribution in [-0.4, -0.2) is 32.9 Å². The highest BCUT2D eigenvalue weighted by Crippen LogP contribution is 2.28. The third-order valence-corrected chi connectivity index (χ3v) is 5.10. The van der Waals surface area contributed by atoms with Crippen molar-refractivity contribution in [3.63, 3.8) is 0 Å². The molecule has 1 aliphatic heterocycles. The number of anilines is 1. The summed E-state index contributed by atoms with van der Waals surface area (Å²) in [7, 11) is 0. The molecule has 4 rings (SSSR count). The Balaban J connectivity index is 1.42. The van der Waals surface area contributed by atoms with Crippen LogP contribution in [0.4, 0.5) is 5.95 Å². The highest BCUT2D eigenvalue weighted by atomic mass is 16.5. The van der Waals surface area contributed by atoms with Crippen molar-refractivity contribution in [2.75, 3.05) is 18.8 Å². The van der Waals surface area contributed by atoms with Gasteiger partial charge in [0.1, 0.15) is 12.4 Å². The number of rotatable bonds is 6. The molecule has 1 saturated heterocycles. The summed E-state index contributed by atoms with van der Waals surface area (Å²) < 4.78 is 6.09. The van der Waals surface area contributed by atoms with E-state index < -0.39 is 0 Å². The van der Waals surface area contributed by atoms with Crippen molar-refractivity contribution in [2.45, 2.75) is 31.9 Å². The standard InChI is InChI=1S/C22H25N5O/c23-22-25-11-9-20(26-22)18-7-4-12-27(14-18)15-19-6-1-2-8-21(19)28-16-17-5-3-10-24-13-17/h1-3,5-6,8-11,13,18H,4,7,12,14-16H2,(H2,23,25,26). The Labute approximate surface area is 165 Å². The maximum Gasteiger partial charge on any atom is 0.220 e. The average molecular weight is 375 g/mol. The Hall–Kier alpha value is -2.99. The van der Waals surface area contributed by atoms with Crippen LogP contribution < -0.4 is 10.5 Å². The first kappa shape index (κ1) is 18.4. The highest BCUT2D eigenvalue weighted by molar-refractivity contribution is 5.33. The molecule has 0 amide bonds. The second kappa shape index (κ2) is 8.80.